The first-order chi connectivity index (χ1) is 14.0. The lowest BCUT2D eigenvalue weighted by Gasteiger charge is -2.16. The van der Waals surface area contributed by atoms with Crippen molar-refractivity contribution >= 4 is 22.6 Å². The molecular weight excluding hydrogens is 360 g/mol. The van der Waals surface area contributed by atoms with Gasteiger partial charge in [0.2, 0.25) is 0 Å². The summed E-state index contributed by atoms with van der Waals surface area (Å²) in [5.41, 5.74) is 4.66. The molecule has 0 unspecified atom stereocenters. The van der Waals surface area contributed by atoms with Crippen molar-refractivity contribution in [2.45, 2.75) is 20.8 Å². The Labute approximate surface area is 168 Å². The van der Waals surface area contributed by atoms with Crippen LogP contribution in [0.4, 0.5) is 0 Å². The molecule has 0 saturated heterocycles. The molecule has 0 saturated carbocycles. The summed E-state index contributed by atoms with van der Waals surface area (Å²) in [6.45, 7) is 5.72. The van der Waals surface area contributed by atoms with Crippen LogP contribution in [0.1, 0.15) is 28.3 Å². The molecule has 0 aliphatic heterocycles. The van der Waals surface area contributed by atoms with E-state index in [-0.39, 0.29) is 5.56 Å². The fourth-order valence-corrected chi connectivity index (χ4v) is 3.65. The zero-order chi connectivity index (χ0) is 20.5. The third-order valence-electron chi connectivity index (χ3n) is 5.05. The van der Waals surface area contributed by atoms with E-state index in [1.165, 1.54) is 0 Å². The van der Waals surface area contributed by atoms with E-state index < -0.39 is 0 Å². The molecule has 2 aromatic heterocycles. The second-order valence-corrected chi connectivity index (χ2v) is 6.97. The fourth-order valence-electron chi connectivity index (χ4n) is 3.65. The van der Waals surface area contributed by atoms with Crippen LogP contribution >= 0.6 is 0 Å². The van der Waals surface area contributed by atoms with Gasteiger partial charge in [-0.2, -0.15) is 9.94 Å². The number of allylic oxidation sites excluding steroid dienone is 1. The van der Waals surface area contributed by atoms with Crippen LogP contribution in [-0.4, -0.2) is 14.3 Å². The highest BCUT2D eigenvalue weighted by atomic mass is 16.1. The minimum Gasteiger partial charge on any atom is -0.267 e. The Bertz CT molecular complexity index is 1350. The topological polar surface area (TPSA) is 63.6 Å². The maximum Gasteiger partial charge on any atom is 0.280 e. The normalized spacial score (nSPS) is 11.6. The Morgan fingerprint density at radius 2 is 1.69 bits per heavy atom. The number of hydrogen-bond donors (Lipinski definition) is 0. The van der Waals surface area contributed by atoms with Crippen LogP contribution in [0.2, 0.25) is 0 Å². The Kier molecular flexibility index (Phi) is 4.61. The van der Waals surface area contributed by atoms with Gasteiger partial charge in [0.05, 0.1) is 22.5 Å². The van der Waals surface area contributed by atoms with Crippen molar-refractivity contribution in [1.82, 2.24) is 14.3 Å². The van der Waals surface area contributed by atoms with Crippen LogP contribution in [0, 0.1) is 32.1 Å². The van der Waals surface area contributed by atoms with Crippen molar-refractivity contribution in [2.24, 2.45) is 0 Å². The maximum atomic E-state index is 13.2. The minimum atomic E-state index is -0.117. The minimum absolute atomic E-state index is 0.117. The number of aryl methyl sites for hydroxylation is 2. The Balaban J connectivity index is 1.92. The van der Waals surface area contributed by atoms with Crippen molar-refractivity contribution in [3.05, 3.63) is 99.4 Å². The number of nitriles is 1. The predicted molar refractivity (Wildman–Crippen MR) is 115 cm³/mol. The molecule has 0 N–H and O–H groups in total. The summed E-state index contributed by atoms with van der Waals surface area (Å²) in [6.07, 6.45) is 1.86. The lowest BCUT2D eigenvalue weighted by atomic mass is 10.0. The number of rotatable bonds is 3. The van der Waals surface area contributed by atoms with E-state index in [1.807, 2.05) is 86.1 Å². The van der Waals surface area contributed by atoms with E-state index >= 15 is 0 Å². The van der Waals surface area contributed by atoms with Gasteiger partial charge in [-0.3, -0.25) is 9.47 Å². The van der Waals surface area contributed by atoms with Gasteiger partial charge in [0.15, 0.2) is 0 Å². The van der Waals surface area contributed by atoms with Gasteiger partial charge in [-0.25, -0.2) is 4.98 Å². The van der Waals surface area contributed by atoms with E-state index in [4.69, 9.17) is 0 Å². The zero-order valence-corrected chi connectivity index (χ0v) is 16.5. The van der Waals surface area contributed by atoms with Gasteiger partial charge in [-0.05, 0) is 56.2 Å². The van der Waals surface area contributed by atoms with Crippen LogP contribution < -0.4 is 5.56 Å². The predicted octanol–water partition coefficient (Wildman–Crippen LogP) is 4.50. The number of fused-ring (bicyclic) bond motifs is 1. The van der Waals surface area contributed by atoms with Crippen LogP contribution in [0.3, 0.4) is 0 Å². The molecular formula is C24H20N4O. The Hall–Kier alpha value is -3.91. The van der Waals surface area contributed by atoms with Crippen molar-refractivity contribution in [3.63, 3.8) is 0 Å². The first-order valence-electron chi connectivity index (χ1n) is 9.36. The van der Waals surface area contributed by atoms with Crippen molar-refractivity contribution in [3.8, 4) is 6.07 Å². The van der Waals surface area contributed by atoms with Gasteiger partial charge in [0.1, 0.15) is 5.82 Å². The number of hydrogen-bond acceptors (Lipinski definition) is 3. The summed E-state index contributed by atoms with van der Waals surface area (Å²) in [7, 11) is 0. The molecule has 0 radical (unpaired) electrons. The molecule has 5 nitrogen and oxygen atoms in total. The molecule has 0 atom stereocenters. The third-order valence-corrected chi connectivity index (χ3v) is 5.05. The summed E-state index contributed by atoms with van der Waals surface area (Å²) in [5.74, 6) is 0.606. The summed E-state index contributed by atoms with van der Waals surface area (Å²) in [4.78, 5) is 17.8. The van der Waals surface area contributed by atoms with Crippen LogP contribution in [0.5, 0.6) is 0 Å². The smallest absolute Gasteiger partial charge is 0.267 e. The van der Waals surface area contributed by atoms with Crippen LogP contribution in [0.15, 0.2) is 65.5 Å². The average Bonchev–Trinajstić information content (AvgIpc) is 3.00. The molecule has 142 valence electrons. The highest BCUT2D eigenvalue weighted by molar-refractivity contribution is 5.90. The molecule has 0 aliphatic carbocycles. The van der Waals surface area contributed by atoms with Crippen LogP contribution in [0.25, 0.3) is 22.6 Å². The average molecular weight is 380 g/mol. The second kappa shape index (κ2) is 7.25. The summed E-state index contributed by atoms with van der Waals surface area (Å²) in [6, 6.07) is 21.2. The number of para-hydroxylation sites is 1. The number of benzene rings is 2. The zero-order valence-electron chi connectivity index (χ0n) is 16.5. The largest absolute Gasteiger partial charge is 0.280 e. The van der Waals surface area contributed by atoms with Crippen molar-refractivity contribution in [2.75, 3.05) is 0 Å². The fraction of sp³-hybridized carbons (Fsp3) is 0.125. The maximum absolute atomic E-state index is 13.2. The molecule has 0 aliphatic rings. The standard InChI is InChI=1S/C24H20N4O/c1-16-13-20(14-21(15-25)19-9-5-4-6-10-19)17(2)27(16)28-18(3)26-23-12-8-7-11-22(23)24(28)29/h4-14H,1-3H3. The first kappa shape index (κ1) is 18.5. The lowest BCUT2D eigenvalue weighted by molar-refractivity contribution is 0.573. The van der Waals surface area contributed by atoms with Gasteiger partial charge in [0.25, 0.3) is 5.56 Å². The summed E-state index contributed by atoms with van der Waals surface area (Å²) < 4.78 is 3.46. The molecule has 29 heavy (non-hydrogen) atoms. The molecule has 4 aromatic rings. The van der Waals surface area contributed by atoms with E-state index in [0.717, 1.165) is 22.5 Å². The lowest BCUT2D eigenvalue weighted by Crippen LogP contribution is -2.30. The molecule has 0 amide bonds. The second-order valence-electron chi connectivity index (χ2n) is 6.97. The Morgan fingerprint density at radius 3 is 2.41 bits per heavy atom. The SMILES string of the molecule is Cc1cc(C=C(C#N)c2ccccc2)c(C)n1-n1c(C)nc2ccccc2c1=O. The van der Waals surface area contributed by atoms with Gasteiger partial charge in [0, 0.05) is 11.4 Å². The van der Waals surface area contributed by atoms with Crippen molar-refractivity contribution in [1.29, 1.82) is 5.26 Å². The van der Waals surface area contributed by atoms with Gasteiger partial charge in [-0.1, -0.05) is 42.5 Å². The molecule has 0 bridgehead atoms. The highest BCUT2D eigenvalue weighted by Gasteiger charge is 2.15. The summed E-state index contributed by atoms with van der Waals surface area (Å²) >= 11 is 0. The number of nitrogens with zero attached hydrogens (tertiary/aromatic N) is 4. The monoisotopic (exact) mass is 380 g/mol. The van der Waals surface area contributed by atoms with E-state index in [9.17, 15) is 10.1 Å². The van der Waals surface area contributed by atoms with E-state index in [0.29, 0.717) is 22.3 Å². The number of aromatic nitrogens is 3. The molecule has 0 fully saturated rings. The van der Waals surface area contributed by atoms with Gasteiger partial charge in [-0.15, -0.1) is 0 Å². The quantitative estimate of drug-likeness (QED) is 0.492. The molecule has 2 aromatic carbocycles. The van der Waals surface area contributed by atoms with Gasteiger partial charge >= 0.3 is 0 Å². The molecule has 5 heteroatoms. The Morgan fingerprint density at radius 1 is 1.00 bits per heavy atom. The first-order valence-corrected chi connectivity index (χ1v) is 9.36. The highest BCUT2D eigenvalue weighted by Crippen LogP contribution is 2.23. The third kappa shape index (κ3) is 3.15. The van der Waals surface area contributed by atoms with E-state index in [1.54, 1.807) is 10.7 Å². The van der Waals surface area contributed by atoms with E-state index in [2.05, 4.69) is 11.1 Å². The van der Waals surface area contributed by atoms with Gasteiger partial charge < -0.3 is 0 Å². The van der Waals surface area contributed by atoms with Crippen molar-refractivity contribution < 1.29 is 0 Å². The molecule has 4 rings (SSSR count). The molecule has 0 spiro atoms. The van der Waals surface area contributed by atoms with Crippen LogP contribution in [-0.2, 0) is 0 Å². The molecule has 2 heterocycles. The summed E-state index contributed by atoms with van der Waals surface area (Å²) in [5, 5.41) is 10.2.